The van der Waals surface area contributed by atoms with Gasteiger partial charge in [0, 0.05) is 23.8 Å². The molecule has 0 aliphatic rings. The second-order valence-electron chi connectivity index (χ2n) is 6.85. The van der Waals surface area contributed by atoms with Gasteiger partial charge in [-0.25, -0.2) is 0 Å². The summed E-state index contributed by atoms with van der Waals surface area (Å²) in [5.41, 5.74) is 0.627. The van der Waals surface area contributed by atoms with E-state index in [-0.39, 0.29) is 25.0 Å². The number of carbonyl (C=O) groups is 1. The minimum atomic E-state index is -4.37. The third-order valence-corrected chi connectivity index (χ3v) is 4.11. The second-order valence-corrected chi connectivity index (χ2v) is 6.85. The molecule has 3 aromatic rings. The van der Waals surface area contributed by atoms with Crippen LogP contribution in [0.25, 0.3) is 10.9 Å². The van der Waals surface area contributed by atoms with Gasteiger partial charge < -0.3 is 10.1 Å². The molecule has 1 amide bonds. The van der Waals surface area contributed by atoms with Gasteiger partial charge in [0.25, 0.3) is 0 Å². The van der Waals surface area contributed by atoms with Gasteiger partial charge in [-0.05, 0) is 44.2 Å². The van der Waals surface area contributed by atoms with Gasteiger partial charge in [-0.15, -0.1) is 0 Å². The minimum absolute atomic E-state index is 0.0479. The molecular formula is C20H21F3N4O2. The van der Waals surface area contributed by atoms with Gasteiger partial charge in [0.15, 0.2) is 0 Å². The largest absolute Gasteiger partial charge is 0.492 e. The Kier molecular flexibility index (Phi) is 6.05. The Bertz CT molecular complexity index is 982. The molecule has 0 spiro atoms. The summed E-state index contributed by atoms with van der Waals surface area (Å²) in [4.78, 5) is 16.3. The van der Waals surface area contributed by atoms with Crippen LogP contribution in [-0.2, 0) is 23.9 Å². The van der Waals surface area contributed by atoms with Crippen LogP contribution in [0.3, 0.4) is 0 Å². The first kappa shape index (κ1) is 20.6. The molecule has 0 fully saturated rings. The number of fused-ring (bicyclic) bond motifs is 1. The third-order valence-electron chi connectivity index (χ3n) is 4.11. The molecule has 2 heterocycles. The summed E-state index contributed by atoms with van der Waals surface area (Å²) in [6.45, 7) is 4.41. The smallest absolute Gasteiger partial charge is 0.416 e. The van der Waals surface area contributed by atoms with E-state index in [0.29, 0.717) is 23.5 Å². The molecule has 0 atom stereocenters. The predicted molar refractivity (Wildman–Crippen MR) is 101 cm³/mol. The van der Waals surface area contributed by atoms with Crippen molar-refractivity contribution in [3.8, 4) is 5.75 Å². The summed E-state index contributed by atoms with van der Waals surface area (Å²) in [6, 6.07) is 6.35. The second kappa shape index (κ2) is 8.50. The highest BCUT2D eigenvalue weighted by atomic mass is 19.4. The molecule has 0 unspecified atom stereocenters. The number of halogens is 3. The van der Waals surface area contributed by atoms with E-state index in [4.69, 9.17) is 4.74 Å². The highest BCUT2D eigenvalue weighted by Crippen LogP contribution is 2.30. The van der Waals surface area contributed by atoms with Crippen LogP contribution in [0.5, 0.6) is 5.75 Å². The molecule has 9 heteroatoms. The van der Waals surface area contributed by atoms with Crippen molar-refractivity contribution in [2.75, 3.05) is 6.61 Å². The Balaban J connectivity index is 1.62. The van der Waals surface area contributed by atoms with Gasteiger partial charge in [-0.2, -0.15) is 18.3 Å². The number of rotatable bonds is 7. The fourth-order valence-electron chi connectivity index (χ4n) is 2.83. The molecule has 1 aromatic carbocycles. The van der Waals surface area contributed by atoms with E-state index in [2.05, 4.69) is 15.4 Å². The molecule has 0 aliphatic heterocycles. The standard InChI is InChI=1S/C20H21F3N4O2/c1-13(2)25-19(28)11-18-16-12-27(26-17(16)7-8-24-18)9-10-29-15-5-3-14(4-6-15)20(21,22)23/h3-8,12-13H,9-11H2,1-2H3,(H,25,28). The van der Waals surface area contributed by atoms with Gasteiger partial charge in [-0.1, -0.05) is 0 Å². The van der Waals surface area contributed by atoms with Gasteiger partial charge in [-0.3, -0.25) is 14.5 Å². The van der Waals surface area contributed by atoms with Gasteiger partial charge in [0.2, 0.25) is 5.91 Å². The van der Waals surface area contributed by atoms with Crippen LogP contribution >= 0.6 is 0 Å². The number of ether oxygens (including phenoxy) is 1. The van der Waals surface area contributed by atoms with Crippen molar-refractivity contribution < 1.29 is 22.7 Å². The molecule has 0 radical (unpaired) electrons. The lowest BCUT2D eigenvalue weighted by Gasteiger charge is -2.09. The van der Waals surface area contributed by atoms with Crippen molar-refractivity contribution in [3.05, 3.63) is 54.0 Å². The van der Waals surface area contributed by atoms with Crippen molar-refractivity contribution in [3.63, 3.8) is 0 Å². The SMILES string of the molecule is CC(C)NC(=O)Cc1nccc2nn(CCOc3ccc(C(F)(F)F)cc3)cc12. The van der Waals surface area contributed by atoms with E-state index >= 15 is 0 Å². The molecule has 29 heavy (non-hydrogen) atoms. The molecule has 1 N–H and O–H groups in total. The van der Waals surface area contributed by atoms with Crippen LogP contribution in [0, 0.1) is 0 Å². The minimum Gasteiger partial charge on any atom is -0.492 e. The number of aromatic nitrogens is 3. The molecule has 3 rings (SSSR count). The summed E-state index contributed by atoms with van der Waals surface area (Å²) in [5.74, 6) is 0.237. The molecule has 2 aromatic heterocycles. The van der Waals surface area contributed by atoms with E-state index in [1.165, 1.54) is 12.1 Å². The maximum absolute atomic E-state index is 12.6. The van der Waals surface area contributed by atoms with Gasteiger partial charge >= 0.3 is 6.18 Å². The van der Waals surface area contributed by atoms with E-state index in [1.54, 1.807) is 23.1 Å². The lowest BCUT2D eigenvalue weighted by molar-refractivity contribution is -0.137. The van der Waals surface area contributed by atoms with Crippen molar-refractivity contribution in [1.29, 1.82) is 0 Å². The molecule has 154 valence electrons. The van der Waals surface area contributed by atoms with E-state index in [0.717, 1.165) is 17.5 Å². The zero-order valence-electron chi connectivity index (χ0n) is 16.0. The number of amides is 1. The number of carbonyl (C=O) groups excluding carboxylic acids is 1. The zero-order valence-corrected chi connectivity index (χ0v) is 16.0. The lowest BCUT2D eigenvalue weighted by Crippen LogP contribution is -2.31. The van der Waals surface area contributed by atoms with Crippen LogP contribution in [-0.4, -0.2) is 33.3 Å². The first-order valence-corrected chi connectivity index (χ1v) is 9.13. The average molecular weight is 406 g/mol. The first-order valence-electron chi connectivity index (χ1n) is 9.13. The Morgan fingerprint density at radius 3 is 2.59 bits per heavy atom. The van der Waals surface area contributed by atoms with Gasteiger partial charge in [0.05, 0.1) is 29.7 Å². The summed E-state index contributed by atoms with van der Waals surface area (Å²) in [7, 11) is 0. The highest BCUT2D eigenvalue weighted by molar-refractivity contribution is 5.86. The number of hydrogen-bond donors (Lipinski definition) is 1. The van der Waals surface area contributed by atoms with Gasteiger partial charge in [0.1, 0.15) is 12.4 Å². The summed E-state index contributed by atoms with van der Waals surface area (Å²) < 4.78 is 44.9. The fourth-order valence-corrected chi connectivity index (χ4v) is 2.83. The lowest BCUT2D eigenvalue weighted by atomic mass is 10.2. The monoisotopic (exact) mass is 406 g/mol. The zero-order chi connectivity index (χ0) is 21.0. The first-order chi connectivity index (χ1) is 13.7. The molecule has 6 nitrogen and oxygen atoms in total. The van der Waals surface area contributed by atoms with Crippen LogP contribution in [0.2, 0.25) is 0 Å². The highest BCUT2D eigenvalue weighted by Gasteiger charge is 2.30. The Morgan fingerprint density at radius 2 is 1.93 bits per heavy atom. The predicted octanol–water partition coefficient (Wildman–Crippen LogP) is 3.60. The average Bonchev–Trinajstić information content (AvgIpc) is 3.05. The van der Waals surface area contributed by atoms with E-state index < -0.39 is 11.7 Å². The Morgan fingerprint density at radius 1 is 1.21 bits per heavy atom. The quantitative estimate of drug-likeness (QED) is 0.651. The topological polar surface area (TPSA) is 69.0 Å². The maximum Gasteiger partial charge on any atom is 0.416 e. The number of nitrogens with zero attached hydrogens (tertiary/aromatic N) is 3. The summed E-state index contributed by atoms with van der Waals surface area (Å²) in [5, 5.41) is 8.05. The van der Waals surface area contributed by atoms with Crippen molar-refractivity contribution >= 4 is 16.8 Å². The molecule has 0 aliphatic carbocycles. The maximum atomic E-state index is 12.6. The third kappa shape index (κ3) is 5.46. The normalized spacial score (nSPS) is 11.8. The van der Waals surface area contributed by atoms with Crippen molar-refractivity contribution in [2.45, 2.75) is 39.0 Å². The molecular weight excluding hydrogens is 385 g/mol. The fraction of sp³-hybridized carbons (Fsp3) is 0.350. The Hall–Kier alpha value is -3.10. The van der Waals surface area contributed by atoms with E-state index in [9.17, 15) is 18.0 Å². The van der Waals surface area contributed by atoms with Crippen LogP contribution in [0.15, 0.2) is 42.7 Å². The molecule has 0 bridgehead atoms. The van der Waals surface area contributed by atoms with Crippen molar-refractivity contribution in [1.82, 2.24) is 20.1 Å². The van der Waals surface area contributed by atoms with Crippen LogP contribution < -0.4 is 10.1 Å². The van der Waals surface area contributed by atoms with Crippen LogP contribution in [0.1, 0.15) is 25.1 Å². The van der Waals surface area contributed by atoms with Crippen molar-refractivity contribution in [2.24, 2.45) is 0 Å². The molecule has 0 saturated carbocycles. The number of pyridine rings is 1. The van der Waals surface area contributed by atoms with Crippen LogP contribution in [0.4, 0.5) is 13.2 Å². The number of nitrogens with one attached hydrogen (secondary N) is 1. The Labute approximate surface area is 165 Å². The van der Waals surface area contributed by atoms with E-state index in [1.807, 2.05) is 13.8 Å². The summed E-state index contributed by atoms with van der Waals surface area (Å²) in [6.07, 6.45) is -0.818. The molecule has 0 saturated heterocycles. The number of alkyl halides is 3. The number of hydrogen-bond acceptors (Lipinski definition) is 4. The summed E-state index contributed by atoms with van der Waals surface area (Å²) >= 11 is 0. The number of benzene rings is 1.